The first-order valence-electron chi connectivity index (χ1n) is 14.4. The Kier molecular flexibility index (Phi) is 8.55. The number of piperidine rings is 1. The second-order valence-corrected chi connectivity index (χ2v) is 11.0. The predicted octanol–water partition coefficient (Wildman–Crippen LogP) is 3.45. The van der Waals surface area contributed by atoms with Crippen LogP contribution in [0.1, 0.15) is 48.1 Å². The maximum Gasteiger partial charge on any atom is 0.318 e. The zero-order valence-corrected chi connectivity index (χ0v) is 23.5. The zero-order valence-electron chi connectivity index (χ0n) is 23.5. The van der Waals surface area contributed by atoms with Crippen LogP contribution in [0.2, 0.25) is 0 Å². The number of phenolic OH excluding ortho intramolecular Hbond substituents is 1. The highest BCUT2D eigenvalue weighted by Crippen LogP contribution is 2.35. The lowest BCUT2D eigenvalue weighted by Crippen LogP contribution is -2.49. The molecule has 2 fully saturated rings. The largest absolute Gasteiger partial charge is 0.508 e. The van der Waals surface area contributed by atoms with Crippen LogP contribution in [-0.2, 0) is 17.8 Å². The second kappa shape index (κ2) is 12.2. The Balaban J connectivity index is 1.35. The Morgan fingerprint density at radius 1 is 1.03 bits per heavy atom. The van der Waals surface area contributed by atoms with Crippen LogP contribution < -0.4 is 14.5 Å². The van der Waals surface area contributed by atoms with Gasteiger partial charge in [0.05, 0.1) is 18.8 Å². The topological polar surface area (TPSA) is 85.3 Å². The van der Waals surface area contributed by atoms with Gasteiger partial charge < -0.3 is 29.4 Å². The lowest BCUT2D eigenvalue weighted by atomic mass is 10.0. The molecule has 0 unspecified atom stereocenters. The van der Waals surface area contributed by atoms with Crippen molar-refractivity contribution in [3.63, 3.8) is 0 Å². The molecule has 39 heavy (non-hydrogen) atoms. The van der Waals surface area contributed by atoms with E-state index in [-0.39, 0.29) is 11.7 Å². The summed E-state index contributed by atoms with van der Waals surface area (Å²) in [6, 6.07) is 4.09. The van der Waals surface area contributed by atoms with Crippen LogP contribution in [0.25, 0.3) is 0 Å². The average molecular weight is 535 g/mol. The van der Waals surface area contributed by atoms with Crippen molar-refractivity contribution >= 4 is 17.4 Å². The minimum absolute atomic E-state index is 0.0236. The normalized spacial score (nSPS) is 18.2. The third-order valence-corrected chi connectivity index (χ3v) is 8.35. The minimum atomic E-state index is -0.0236. The summed E-state index contributed by atoms with van der Waals surface area (Å²) in [5.41, 5.74) is 5.41. The number of phenols is 1. The molecule has 3 aliphatic rings. The fourth-order valence-corrected chi connectivity index (χ4v) is 5.97. The SMILES string of the molecule is C=CC(=O)N1CCN(c2nc(OCCCN3CCCCC3)nc3c2CCN(c2cc(O)cc(C)c2C)C3)CC1. The predicted molar refractivity (Wildman–Crippen MR) is 154 cm³/mol. The molecule has 9 nitrogen and oxygen atoms in total. The summed E-state index contributed by atoms with van der Waals surface area (Å²) in [4.78, 5) is 30.9. The molecule has 4 heterocycles. The van der Waals surface area contributed by atoms with Gasteiger partial charge in [-0.3, -0.25) is 4.79 Å². The van der Waals surface area contributed by atoms with Gasteiger partial charge >= 0.3 is 6.01 Å². The van der Waals surface area contributed by atoms with E-state index in [1.807, 2.05) is 24.0 Å². The van der Waals surface area contributed by atoms with Crippen molar-refractivity contribution in [2.75, 3.05) is 68.8 Å². The number of piperazine rings is 1. The van der Waals surface area contributed by atoms with Crippen LogP contribution in [0, 0.1) is 13.8 Å². The Morgan fingerprint density at radius 2 is 1.79 bits per heavy atom. The standard InChI is InChI=1S/C30H42N6O3/c1-4-28(38)34-14-16-35(17-15-34)29-25-9-13-36(27-20-24(37)19-22(2)23(27)3)21-26(25)31-30(32-29)39-18-8-12-33-10-6-5-7-11-33/h4,19-20,37H,1,5-18,21H2,2-3H3. The van der Waals surface area contributed by atoms with Gasteiger partial charge in [0.15, 0.2) is 0 Å². The highest BCUT2D eigenvalue weighted by molar-refractivity contribution is 5.87. The second-order valence-electron chi connectivity index (χ2n) is 11.0. The maximum atomic E-state index is 12.1. The monoisotopic (exact) mass is 534 g/mol. The zero-order chi connectivity index (χ0) is 27.4. The Morgan fingerprint density at radius 3 is 2.54 bits per heavy atom. The lowest BCUT2D eigenvalue weighted by molar-refractivity contribution is -0.126. The first-order chi connectivity index (χ1) is 18.9. The lowest BCUT2D eigenvalue weighted by Gasteiger charge is -2.38. The van der Waals surface area contributed by atoms with Gasteiger partial charge in [-0.15, -0.1) is 0 Å². The molecule has 9 heteroatoms. The molecule has 1 aromatic heterocycles. The van der Waals surface area contributed by atoms with Gasteiger partial charge in [-0.05, 0) is 75.9 Å². The first kappa shape index (κ1) is 27.2. The van der Waals surface area contributed by atoms with Crippen LogP contribution >= 0.6 is 0 Å². The van der Waals surface area contributed by atoms with E-state index < -0.39 is 0 Å². The number of nitrogens with zero attached hydrogens (tertiary/aromatic N) is 6. The van der Waals surface area contributed by atoms with Crippen molar-refractivity contribution in [1.29, 1.82) is 0 Å². The number of hydrogen-bond acceptors (Lipinski definition) is 8. The van der Waals surface area contributed by atoms with Crippen LogP contribution in [0.5, 0.6) is 11.8 Å². The van der Waals surface area contributed by atoms with Gasteiger partial charge in [0, 0.05) is 56.6 Å². The fourth-order valence-electron chi connectivity index (χ4n) is 5.97. The van der Waals surface area contributed by atoms with Gasteiger partial charge in [0.1, 0.15) is 11.6 Å². The molecular formula is C30H42N6O3. The van der Waals surface area contributed by atoms with E-state index in [1.165, 1.54) is 44.0 Å². The molecule has 0 saturated carbocycles. The molecular weight excluding hydrogens is 492 g/mol. The Labute approximate surface area is 232 Å². The number of carbonyl (C=O) groups excluding carboxylic acids is 1. The van der Waals surface area contributed by atoms with Crippen molar-refractivity contribution in [2.45, 2.75) is 52.5 Å². The van der Waals surface area contributed by atoms with Crippen molar-refractivity contribution in [2.24, 2.45) is 0 Å². The van der Waals surface area contributed by atoms with Crippen LogP contribution in [0.15, 0.2) is 24.8 Å². The number of anilines is 2. The summed E-state index contributed by atoms with van der Waals surface area (Å²) in [5, 5.41) is 10.3. The summed E-state index contributed by atoms with van der Waals surface area (Å²) in [6.45, 7) is 15.9. The number of aromatic nitrogens is 2. The van der Waals surface area contributed by atoms with Crippen LogP contribution in [-0.4, -0.2) is 89.7 Å². The molecule has 0 spiro atoms. The highest BCUT2D eigenvalue weighted by Gasteiger charge is 2.29. The van der Waals surface area contributed by atoms with Crippen molar-refractivity contribution in [1.82, 2.24) is 19.8 Å². The summed E-state index contributed by atoms with van der Waals surface area (Å²) in [7, 11) is 0. The van der Waals surface area contributed by atoms with E-state index in [0.29, 0.717) is 45.3 Å². The van der Waals surface area contributed by atoms with Gasteiger partial charge in [-0.25, -0.2) is 0 Å². The van der Waals surface area contributed by atoms with E-state index in [2.05, 4.69) is 28.2 Å². The number of likely N-dealkylation sites (tertiary alicyclic amines) is 1. The molecule has 2 aromatic rings. The third-order valence-electron chi connectivity index (χ3n) is 8.35. The van der Waals surface area contributed by atoms with Gasteiger partial charge in [0.2, 0.25) is 5.91 Å². The minimum Gasteiger partial charge on any atom is -0.508 e. The highest BCUT2D eigenvalue weighted by atomic mass is 16.5. The molecule has 210 valence electrons. The first-order valence-corrected chi connectivity index (χ1v) is 14.4. The average Bonchev–Trinajstić information content (AvgIpc) is 2.96. The fraction of sp³-hybridized carbons (Fsp3) is 0.567. The summed E-state index contributed by atoms with van der Waals surface area (Å²) >= 11 is 0. The van der Waals surface area contributed by atoms with E-state index >= 15 is 0 Å². The number of aromatic hydroxyl groups is 1. The van der Waals surface area contributed by atoms with E-state index in [4.69, 9.17) is 14.7 Å². The van der Waals surface area contributed by atoms with Crippen molar-refractivity contribution in [3.05, 3.63) is 47.2 Å². The number of amides is 1. The van der Waals surface area contributed by atoms with Gasteiger partial charge in [-0.1, -0.05) is 13.0 Å². The molecule has 1 N–H and O–H groups in total. The Hall–Kier alpha value is -3.33. The summed E-state index contributed by atoms with van der Waals surface area (Å²) in [5.74, 6) is 1.19. The number of ether oxygens (including phenoxy) is 1. The number of carbonyl (C=O) groups is 1. The summed E-state index contributed by atoms with van der Waals surface area (Å²) in [6.07, 6.45) is 7.06. The molecule has 1 amide bonds. The molecule has 0 bridgehead atoms. The van der Waals surface area contributed by atoms with Crippen molar-refractivity contribution in [3.8, 4) is 11.8 Å². The number of rotatable bonds is 8. The van der Waals surface area contributed by atoms with Gasteiger partial charge in [0.25, 0.3) is 0 Å². The quantitative estimate of drug-likeness (QED) is 0.407. The van der Waals surface area contributed by atoms with Crippen LogP contribution in [0.3, 0.4) is 0 Å². The van der Waals surface area contributed by atoms with E-state index in [1.54, 1.807) is 0 Å². The van der Waals surface area contributed by atoms with Crippen molar-refractivity contribution < 1.29 is 14.6 Å². The summed E-state index contributed by atoms with van der Waals surface area (Å²) < 4.78 is 6.16. The molecule has 5 rings (SSSR count). The molecule has 2 saturated heterocycles. The third kappa shape index (κ3) is 6.30. The Bertz CT molecular complexity index is 1190. The van der Waals surface area contributed by atoms with E-state index in [0.717, 1.165) is 54.3 Å². The van der Waals surface area contributed by atoms with Crippen LogP contribution in [0.4, 0.5) is 11.5 Å². The van der Waals surface area contributed by atoms with E-state index in [9.17, 15) is 9.90 Å². The number of hydrogen-bond donors (Lipinski definition) is 1. The smallest absolute Gasteiger partial charge is 0.318 e. The number of benzene rings is 1. The maximum absolute atomic E-state index is 12.1. The van der Waals surface area contributed by atoms with Gasteiger partial charge in [-0.2, -0.15) is 9.97 Å². The molecule has 0 radical (unpaired) electrons. The molecule has 0 atom stereocenters. The molecule has 3 aliphatic heterocycles. The molecule has 1 aromatic carbocycles. The number of aryl methyl sites for hydroxylation is 1. The molecule has 0 aliphatic carbocycles. The number of fused-ring (bicyclic) bond motifs is 1.